The van der Waals surface area contributed by atoms with Gasteiger partial charge in [-0.15, -0.1) is 0 Å². The van der Waals surface area contributed by atoms with Crippen LogP contribution in [-0.4, -0.2) is 25.2 Å². The summed E-state index contributed by atoms with van der Waals surface area (Å²) in [5.41, 5.74) is 0. The van der Waals surface area contributed by atoms with Gasteiger partial charge in [-0.3, -0.25) is 9.59 Å². The van der Waals surface area contributed by atoms with E-state index >= 15 is 0 Å². The zero-order valence-electron chi connectivity index (χ0n) is 11.0. The molecule has 0 aromatic heterocycles. The highest BCUT2D eigenvalue weighted by molar-refractivity contribution is 5.70. The van der Waals surface area contributed by atoms with Gasteiger partial charge in [-0.2, -0.15) is 0 Å². The molecule has 0 aliphatic heterocycles. The lowest BCUT2D eigenvalue weighted by molar-refractivity contribution is -0.146. The average Bonchev–Trinajstić information content (AvgIpc) is 2.32. The summed E-state index contributed by atoms with van der Waals surface area (Å²) in [5.74, 6) is -0.341. The molecule has 0 aliphatic carbocycles. The fourth-order valence-corrected chi connectivity index (χ4v) is 1.23. The number of carbonyl (C=O) groups excluding carboxylic acids is 2. The van der Waals surface area contributed by atoms with E-state index in [0.717, 1.165) is 19.3 Å². The summed E-state index contributed by atoms with van der Waals surface area (Å²) in [4.78, 5) is 22.3. The van der Waals surface area contributed by atoms with Crippen LogP contribution in [0.25, 0.3) is 0 Å². The van der Waals surface area contributed by atoms with Gasteiger partial charge < -0.3 is 9.47 Å². The number of ether oxygens (including phenoxy) is 2. The van der Waals surface area contributed by atoms with Crippen LogP contribution in [0.15, 0.2) is 0 Å². The average molecular weight is 244 g/mol. The molecule has 0 saturated carbocycles. The van der Waals surface area contributed by atoms with Gasteiger partial charge in [-0.05, 0) is 25.7 Å². The van der Waals surface area contributed by atoms with Crippen LogP contribution in [0.3, 0.4) is 0 Å². The highest BCUT2D eigenvalue weighted by Gasteiger charge is 2.05. The first-order chi connectivity index (χ1) is 8.20. The Kier molecular flexibility index (Phi) is 10.7. The summed E-state index contributed by atoms with van der Waals surface area (Å²) < 4.78 is 9.92. The van der Waals surface area contributed by atoms with Gasteiger partial charge in [-0.1, -0.05) is 20.3 Å². The van der Waals surface area contributed by atoms with Crippen molar-refractivity contribution in [2.45, 2.75) is 58.8 Å². The highest BCUT2D eigenvalue weighted by Crippen LogP contribution is 2.03. The highest BCUT2D eigenvalue weighted by atomic mass is 16.5. The molecule has 0 N–H and O–H groups in total. The molecule has 0 aromatic carbocycles. The standard InChI is InChI=1S/C13H24O4/c1-3-5-11-17-13(15)9-7-6-8-12(14)16-10-4-2/h3-11H2,1-2H3. The maximum Gasteiger partial charge on any atom is 0.305 e. The number of carbonyl (C=O) groups is 2. The lowest BCUT2D eigenvalue weighted by Gasteiger charge is -2.04. The van der Waals surface area contributed by atoms with Crippen molar-refractivity contribution in [3.63, 3.8) is 0 Å². The Bertz CT molecular complexity index is 213. The molecular weight excluding hydrogens is 220 g/mol. The Morgan fingerprint density at radius 2 is 1.29 bits per heavy atom. The maximum absolute atomic E-state index is 11.2. The Morgan fingerprint density at radius 1 is 0.765 bits per heavy atom. The van der Waals surface area contributed by atoms with Crippen molar-refractivity contribution in [1.29, 1.82) is 0 Å². The van der Waals surface area contributed by atoms with Crippen LogP contribution in [0.2, 0.25) is 0 Å². The summed E-state index contributed by atoms with van der Waals surface area (Å²) in [6.45, 7) is 5.00. The van der Waals surface area contributed by atoms with Gasteiger partial charge in [-0.25, -0.2) is 0 Å². The second-order valence-electron chi connectivity index (χ2n) is 4.00. The van der Waals surface area contributed by atoms with Crippen LogP contribution in [-0.2, 0) is 19.1 Å². The first kappa shape index (κ1) is 15.9. The molecule has 0 atom stereocenters. The number of hydrogen-bond donors (Lipinski definition) is 0. The quantitative estimate of drug-likeness (QED) is 0.438. The van der Waals surface area contributed by atoms with Crippen LogP contribution in [0, 0.1) is 0 Å². The van der Waals surface area contributed by atoms with Crippen molar-refractivity contribution in [2.75, 3.05) is 13.2 Å². The molecule has 4 nitrogen and oxygen atoms in total. The lowest BCUT2D eigenvalue weighted by atomic mass is 10.2. The van der Waals surface area contributed by atoms with Crippen molar-refractivity contribution in [3.05, 3.63) is 0 Å². The minimum atomic E-state index is -0.175. The Morgan fingerprint density at radius 3 is 1.76 bits per heavy atom. The number of esters is 2. The van der Waals surface area contributed by atoms with E-state index in [4.69, 9.17) is 9.47 Å². The SMILES string of the molecule is CCCCOC(=O)CCCCC(=O)OCCC. The van der Waals surface area contributed by atoms with Crippen molar-refractivity contribution in [3.8, 4) is 0 Å². The van der Waals surface area contributed by atoms with Gasteiger partial charge in [0.1, 0.15) is 0 Å². The third-order valence-corrected chi connectivity index (χ3v) is 2.24. The number of rotatable bonds is 10. The molecular formula is C13H24O4. The van der Waals surface area contributed by atoms with E-state index in [0.29, 0.717) is 38.9 Å². The Balaban J connectivity index is 3.32. The van der Waals surface area contributed by atoms with E-state index in [2.05, 4.69) is 6.92 Å². The van der Waals surface area contributed by atoms with E-state index in [-0.39, 0.29) is 11.9 Å². The molecule has 0 radical (unpaired) electrons. The first-order valence-electron chi connectivity index (χ1n) is 6.52. The van der Waals surface area contributed by atoms with Crippen molar-refractivity contribution >= 4 is 11.9 Å². The topological polar surface area (TPSA) is 52.6 Å². The third kappa shape index (κ3) is 11.2. The Labute approximate surface area is 104 Å². The van der Waals surface area contributed by atoms with Gasteiger partial charge in [0.15, 0.2) is 0 Å². The molecule has 100 valence electrons. The number of hydrogen-bond acceptors (Lipinski definition) is 4. The molecule has 0 bridgehead atoms. The molecule has 0 rings (SSSR count). The molecule has 0 heterocycles. The molecule has 0 unspecified atom stereocenters. The zero-order valence-corrected chi connectivity index (χ0v) is 11.0. The number of unbranched alkanes of at least 4 members (excludes halogenated alkanes) is 2. The van der Waals surface area contributed by atoms with Crippen molar-refractivity contribution in [1.82, 2.24) is 0 Å². The summed E-state index contributed by atoms with van der Waals surface area (Å²) >= 11 is 0. The van der Waals surface area contributed by atoms with Crippen LogP contribution in [0.4, 0.5) is 0 Å². The second kappa shape index (κ2) is 11.4. The minimum Gasteiger partial charge on any atom is -0.466 e. The Hall–Kier alpha value is -1.06. The van der Waals surface area contributed by atoms with Gasteiger partial charge in [0.2, 0.25) is 0 Å². The molecule has 0 spiro atoms. The van der Waals surface area contributed by atoms with E-state index in [9.17, 15) is 9.59 Å². The summed E-state index contributed by atoms with van der Waals surface area (Å²) in [7, 11) is 0. The predicted molar refractivity (Wildman–Crippen MR) is 65.6 cm³/mol. The summed E-state index contributed by atoms with van der Waals surface area (Å²) in [6.07, 6.45) is 4.94. The second-order valence-corrected chi connectivity index (χ2v) is 4.00. The van der Waals surface area contributed by atoms with Gasteiger partial charge in [0, 0.05) is 12.8 Å². The van der Waals surface area contributed by atoms with Crippen LogP contribution in [0.1, 0.15) is 58.8 Å². The zero-order chi connectivity index (χ0) is 12.9. The van der Waals surface area contributed by atoms with E-state index in [1.807, 2.05) is 6.92 Å². The van der Waals surface area contributed by atoms with Gasteiger partial charge in [0.25, 0.3) is 0 Å². The molecule has 0 aromatic rings. The predicted octanol–water partition coefficient (Wildman–Crippen LogP) is 2.84. The van der Waals surface area contributed by atoms with E-state index < -0.39 is 0 Å². The maximum atomic E-state index is 11.2. The largest absolute Gasteiger partial charge is 0.466 e. The molecule has 4 heteroatoms. The molecule has 0 aliphatic rings. The third-order valence-electron chi connectivity index (χ3n) is 2.24. The molecule has 17 heavy (non-hydrogen) atoms. The smallest absolute Gasteiger partial charge is 0.305 e. The van der Waals surface area contributed by atoms with E-state index in [1.165, 1.54) is 0 Å². The van der Waals surface area contributed by atoms with Crippen LogP contribution < -0.4 is 0 Å². The lowest BCUT2D eigenvalue weighted by Crippen LogP contribution is -2.07. The fourth-order valence-electron chi connectivity index (χ4n) is 1.23. The van der Waals surface area contributed by atoms with Crippen LogP contribution >= 0.6 is 0 Å². The summed E-state index contributed by atoms with van der Waals surface area (Å²) in [5, 5.41) is 0. The molecule has 0 saturated heterocycles. The molecule has 0 amide bonds. The van der Waals surface area contributed by atoms with Gasteiger partial charge >= 0.3 is 11.9 Å². The van der Waals surface area contributed by atoms with Crippen molar-refractivity contribution in [2.24, 2.45) is 0 Å². The fraction of sp³-hybridized carbons (Fsp3) is 0.846. The van der Waals surface area contributed by atoms with E-state index in [1.54, 1.807) is 0 Å². The normalized spacial score (nSPS) is 10.0. The monoisotopic (exact) mass is 244 g/mol. The first-order valence-corrected chi connectivity index (χ1v) is 6.52. The minimum absolute atomic E-state index is 0.166. The van der Waals surface area contributed by atoms with Gasteiger partial charge in [0.05, 0.1) is 13.2 Å². The van der Waals surface area contributed by atoms with Crippen LogP contribution in [0.5, 0.6) is 0 Å². The summed E-state index contributed by atoms with van der Waals surface area (Å²) in [6, 6.07) is 0. The van der Waals surface area contributed by atoms with Crippen molar-refractivity contribution < 1.29 is 19.1 Å². The molecule has 0 fully saturated rings.